The molecule has 0 saturated heterocycles. The van der Waals surface area contributed by atoms with Crippen molar-refractivity contribution in [3.05, 3.63) is 81.5 Å². The van der Waals surface area contributed by atoms with Gasteiger partial charge in [-0.15, -0.1) is 11.6 Å². The van der Waals surface area contributed by atoms with Gasteiger partial charge in [-0.3, -0.25) is 0 Å². The van der Waals surface area contributed by atoms with Crippen molar-refractivity contribution in [2.45, 2.75) is 5.38 Å². The van der Waals surface area contributed by atoms with Crippen molar-refractivity contribution in [1.29, 1.82) is 0 Å². The molecule has 2 aromatic carbocycles. The van der Waals surface area contributed by atoms with Crippen LogP contribution in [0.4, 0.5) is 0 Å². The second-order valence-corrected chi connectivity index (χ2v) is 6.31. The van der Waals surface area contributed by atoms with Crippen LogP contribution in [0.3, 0.4) is 0 Å². The molecule has 0 amide bonds. The Morgan fingerprint density at radius 3 is 2.57 bits per heavy atom. The zero-order valence-corrected chi connectivity index (χ0v) is 14.0. The van der Waals surface area contributed by atoms with Crippen molar-refractivity contribution in [3.8, 4) is 5.69 Å². The van der Waals surface area contributed by atoms with E-state index in [2.05, 4.69) is 21.0 Å². The first kappa shape index (κ1) is 14.6. The van der Waals surface area contributed by atoms with Gasteiger partial charge >= 0.3 is 0 Å². The lowest BCUT2D eigenvalue weighted by Crippen LogP contribution is -1.95. The molecule has 0 N–H and O–H groups in total. The maximum Gasteiger partial charge on any atom is 0.0876 e. The molecule has 0 fully saturated rings. The van der Waals surface area contributed by atoms with Gasteiger partial charge in [0.25, 0.3) is 0 Å². The van der Waals surface area contributed by atoms with Gasteiger partial charge in [-0.25, -0.2) is 4.68 Å². The third-order valence-corrected chi connectivity index (χ3v) is 4.56. The standard InChI is InChI=1S/C16H11BrCl2N2/c17-15-8-12(18)6-7-14(15)16(19)11-9-20-21(10-11)13-4-2-1-3-5-13/h1-10,16H. The van der Waals surface area contributed by atoms with E-state index in [9.17, 15) is 0 Å². The summed E-state index contributed by atoms with van der Waals surface area (Å²) in [6.07, 6.45) is 3.72. The Morgan fingerprint density at radius 2 is 1.86 bits per heavy atom. The van der Waals surface area contributed by atoms with Crippen LogP contribution in [0.25, 0.3) is 5.69 Å². The molecule has 5 heteroatoms. The van der Waals surface area contributed by atoms with E-state index in [1.54, 1.807) is 6.20 Å². The number of benzene rings is 2. The second-order valence-electron chi connectivity index (χ2n) is 4.58. The van der Waals surface area contributed by atoms with Crippen LogP contribution in [0.15, 0.2) is 65.4 Å². The second kappa shape index (κ2) is 6.22. The molecule has 0 aliphatic rings. The lowest BCUT2D eigenvalue weighted by Gasteiger charge is -2.10. The van der Waals surface area contributed by atoms with E-state index < -0.39 is 0 Å². The van der Waals surface area contributed by atoms with E-state index in [0.29, 0.717) is 5.02 Å². The summed E-state index contributed by atoms with van der Waals surface area (Å²) in [4.78, 5) is 0. The van der Waals surface area contributed by atoms with Crippen LogP contribution in [-0.4, -0.2) is 9.78 Å². The molecule has 3 aromatic rings. The number of halogens is 3. The number of hydrogen-bond acceptors (Lipinski definition) is 1. The molecular formula is C16H11BrCl2N2. The molecule has 0 spiro atoms. The minimum absolute atomic E-state index is 0.283. The summed E-state index contributed by atoms with van der Waals surface area (Å²) in [5, 5.41) is 4.76. The number of aromatic nitrogens is 2. The van der Waals surface area contributed by atoms with Gasteiger partial charge in [-0.2, -0.15) is 5.10 Å². The van der Waals surface area contributed by atoms with Crippen LogP contribution >= 0.6 is 39.1 Å². The summed E-state index contributed by atoms with van der Waals surface area (Å²) in [5.41, 5.74) is 2.90. The maximum absolute atomic E-state index is 6.56. The summed E-state index contributed by atoms with van der Waals surface area (Å²) in [7, 11) is 0. The maximum atomic E-state index is 6.56. The summed E-state index contributed by atoms with van der Waals surface area (Å²) in [5.74, 6) is 0. The summed E-state index contributed by atoms with van der Waals surface area (Å²) < 4.78 is 2.71. The number of alkyl halides is 1. The van der Waals surface area contributed by atoms with E-state index in [0.717, 1.165) is 21.3 Å². The Morgan fingerprint density at radius 1 is 1.10 bits per heavy atom. The first-order valence-corrected chi connectivity index (χ1v) is 7.95. The lowest BCUT2D eigenvalue weighted by atomic mass is 10.1. The normalized spacial score (nSPS) is 12.3. The fourth-order valence-electron chi connectivity index (χ4n) is 2.08. The third-order valence-electron chi connectivity index (χ3n) is 3.15. The molecule has 0 saturated carbocycles. The Hall–Kier alpha value is -1.29. The number of rotatable bonds is 3. The highest BCUT2D eigenvalue weighted by Gasteiger charge is 2.16. The SMILES string of the molecule is Clc1ccc(C(Cl)c2cnn(-c3ccccc3)c2)c(Br)c1. The molecule has 21 heavy (non-hydrogen) atoms. The number of hydrogen-bond donors (Lipinski definition) is 0. The molecule has 1 heterocycles. The van der Waals surface area contributed by atoms with Gasteiger partial charge in [-0.05, 0) is 29.8 Å². The minimum atomic E-state index is -0.283. The van der Waals surface area contributed by atoms with Crippen LogP contribution in [0, 0.1) is 0 Å². The first-order chi connectivity index (χ1) is 10.1. The zero-order valence-electron chi connectivity index (χ0n) is 10.9. The monoisotopic (exact) mass is 380 g/mol. The summed E-state index contributed by atoms with van der Waals surface area (Å²) >= 11 is 16.0. The van der Waals surface area contributed by atoms with Crippen molar-refractivity contribution < 1.29 is 0 Å². The molecule has 1 unspecified atom stereocenters. The number of para-hydroxylation sites is 1. The molecule has 3 rings (SSSR count). The molecule has 2 nitrogen and oxygen atoms in total. The van der Waals surface area contributed by atoms with Crippen LogP contribution in [0.2, 0.25) is 5.02 Å². The van der Waals surface area contributed by atoms with E-state index in [4.69, 9.17) is 23.2 Å². The average molecular weight is 382 g/mol. The van der Waals surface area contributed by atoms with Gasteiger partial charge in [0.05, 0.1) is 17.3 Å². The van der Waals surface area contributed by atoms with Crippen LogP contribution in [-0.2, 0) is 0 Å². The fourth-order valence-corrected chi connectivity index (χ4v) is 3.42. The van der Waals surface area contributed by atoms with Crippen molar-refractivity contribution in [2.75, 3.05) is 0 Å². The van der Waals surface area contributed by atoms with E-state index in [1.165, 1.54) is 0 Å². The van der Waals surface area contributed by atoms with E-state index in [1.807, 2.05) is 59.4 Å². The highest BCUT2D eigenvalue weighted by Crippen LogP contribution is 2.35. The average Bonchev–Trinajstić information content (AvgIpc) is 2.97. The largest absolute Gasteiger partial charge is 0.241 e. The van der Waals surface area contributed by atoms with E-state index in [-0.39, 0.29) is 5.38 Å². The highest BCUT2D eigenvalue weighted by atomic mass is 79.9. The topological polar surface area (TPSA) is 17.8 Å². The first-order valence-electron chi connectivity index (χ1n) is 6.34. The molecule has 0 radical (unpaired) electrons. The Kier molecular flexibility index (Phi) is 4.34. The summed E-state index contributed by atoms with van der Waals surface area (Å²) in [6, 6.07) is 15.5. The van der Waals surface area contributed by atoms with Gasteiger partial charge < -0.3 is 0 Å². The molecule has 1 aromatic heterocycles. The Labute approximate surface area is 141 Å². The molecule has 1 atom stereocenters. The van der Waals surface area contributed by atoms with Gasteiger partial charge in [0.1, 0.15) is 0 Å². The Bertz CT molecular complexity index is 756. The molecule has 106 valence electrons. The van der Waals surface area contributed by atoms with Crippen LogP contribution < -0.4 is 0 Å². The van der Waals surface area contributed by atoms with Crippen molar-refractivity contribution in [3.63, 3.8) is 0 Å². The van der Waals surface area contributed by atoms with Crippen molar-refractivity contribution in [1.82, 2.24) is 9.78 Å². The van der Waals surface area contributed by atoms with Gasteiger partial charge in [-0.1, -0.05) is 51.8 Å². The van der Waals surface area contributed by atoms with Gasteiger partial charge in [0.2, 0.25) is 0 Å². The number of nitrogens with zero attached hydrogens (tertiary/aromatic N) is 2. The molecule has 0 bridgehead atoms. The molecular weight excluding hydrogens is 371 g/mol. The van der Waals surface area contributed by atoms with Crippen molar-refractivity contribution in [2.24, 2.45) is 0 Å². The minimum Gasteiger partial charge on any atom is -0.241 e. The quantitative estimate of drug-likeness (QED) is 0.538. The Balaban J connectivity index is 1.92. The predicted octanol–water partition coefficient (Wildman–Crippen LogP) is 5.62. The van der Waals surface area contributed by atoms with Crippen LogP contribution in [0.1, 0.15) is 16.5 Å². The summed E-state index contributed by atoms with van der Waals surface area (Å²) in [6.45, 7) is 0. The molecule has 0 aliphatic carbocycles. The third kappa shape index (κ3) is 3.15. The molecule has 0 aliphatic heterocycles. The smallest absolute Gasteiger partial charge is 0.0876 e. The van der Waals surface area contributed by atoms with Crippen LogP contribution in [0.5, 0.6) is 0 Å². The van der Waals surface area contributed by atoms with Gasteiger partial charge in [0.15, 0.2) is 0 Å². The van der Waals surface area contributed by atoms with Crippen molar-refractivity contribution >= 4 is 39.1 Å². The lowest BCUT2D eigenvalue weighted by molar-refractivity contribution is 0.880. The zero-order chi connectivity index (χ0) is 14.8. The predicted molar refractivity (Wildman–Crippen MR) is 90.4 cm³/mol. The highest BCUT2D eigenvalue weighted by molar-refractivity contribution is 9.10. The van der Waals surface area contributed by atoms with Gasteiger partial charge in [0, 0.05) is 21.3 Å². The fraction of sp³-hybridized carbons (Fsp3) is 0.0625. The van der Waals surface area contributed by atoms with E-state index >= 15 is 0 Å².